The van der Waals surface area contributed by atoms with Gasteiger partial charge < -0.3 is 10.6 Å². The lowest BCUT2D eigenvalue weighted by atomic mass is 9.99. The van der Waals surface area contributed by atoms with Crippen LogP contribution in [0.15, 0.2) is 35.2 Å². The van der Waals surface area contributed by atoms with Gasteiger partial charge in [-0.3, -0.25) is 0 Å². The third kappa shape index (κ3) is 2.54. The van der Waals surface area contributed by atoms with E-state index < -0.39 is 17.9 Å². The Kier molecular flexibility index (Phi) is 3.41. The second-order valence-corrected chi connectivity index (χ2v) is 4.64. The summed E-state index contributed by atoms with van der Waals surface area (Å²) in [4.78, 5) is 0. The smallest absolute Gasteiger partial charge is 0.366 e. The van der Waals surface area contributed by atoms with E-state index in [2.05, 4.69) is 17.2 Å². The first-order valence-electron chi connectivity index (χ1n) is 6.13. The minimum absolute atomic E-state index is 0.401. The van der Waals surface area contributed by atoms with Crippen molar-refractivity contribution in [3.05, 3.63) is 35.2 Å². The van der Waals surface area contributed by atoms with Gasteiger partial charge in [0.2, 0.25) is 0 Å². The molecule has 1 unspecified atom stereocenters. The van der Waals surface area contributed by atoms with Crippen molar-refractivity contribution in [1.82, 2.24) is 10.6 Å². The van der Waals surface area contributed by atoms with Crippen molar-refractivity contribution in [2.75, 3.05) is 0 Å². The lowest BCUT2D eigenvalue weighted by molar-refractivity contribution is -0.0898. The summed E-state index contributed by atoms with van der Waals surface area (Å²) < 4.78 is 39.0. The Labute approximate surface area is 105 Å². The summed E-state index contributed by atoms with van der Waals surface area (Å²) >= 11 is 0. The van der Waals surface area contributed by atoms with Gasteiger partial charge in [0.05, 0.1) is 5.57 Å². The van der Waals surface area contributed by atoms with Crippen LogP contribution in [0.5, 0.6) is 0 Å². The van der Waals surface area contributed by atoms with Crippen molar-refractivity contribution in [2.45, 2.75) is 44.9 Å². The molecule has 0 saturated carbocycles. The average molecular weight is 258 g/mol. The third-order valence-corrected chi connectivity index (χ3v) is 3.32. The molecule has 1 saturated heterocycles. The minimum Gasteiger partial charge on any atom is -0.366 e. The van der Waals surface area contributed by atoms with E-state index in [0.717, 1.165) is 12.1 Å². The lowest BCUT2D eigenvalue weighted by Gasteiger charge is -2.30. The summed E-state index contributed by atoms with van der Waals surface area (Å²) in [5.41, 5.74) is 1.31. The van der Waals surface area contributed by atoms with E-state index in [9.17, 15) is 13.2 Å². The molecule has 100 valence electrons. The highest BCUT2D eigenvalue weighted by Crippen LogP contribution is 2.38. The number of dihydropyridines is 1. The predicted molar refractivity (Wildman–Crippen MR) is 64.5 cm³/mol. The summed E-state index contributed by atoms with van der Waals surface area (Å²) in [6, 6.07) is 0. The number of allylic oxidation sites excluding steroid dienone is 4. The van der Waals surface area contributed by atoms with Crippen molar-refractivity contribution >= 4 is 0 Å². The van der Waals surface area contributed by atoms with Crippen LogP contribution in [0, 0.1) is 0 Å². The molecule has 0 amide bonds. The Balaban J connectivity index is 2.32. The molecule has 0 spiro atoms. The van der Waals surface area contributed by atoms with Gasteiger partial charge in [0.25, 0.3) is 0 Å². The molecule has 5 heteroatoms. The molecule has 2 heterocycles. The molecule has 0 aromatic rings. The molecule has 0 radical (unpaired) electrons. The van der Waals surface area contributed by atoms with Crippen LogP contribution in [0.1, 0.15) is 32.6 Å². The summed E-state index contributed by atoms with van der Waals surface area (Å²) in [5.74, 6) is 0. The SMILES string of the molecule is C=C(CC)NC1NC2=CC(C(F)(F)F)=C1CCC2. The Hall–Kier alpha value is -1.39. The van der Waals surface area contributed by atoms with Crippen LogP contribution in [0.4, 0.5) is 13.2 Å². The summed E-state index contributed by atoms with van der Waals surface area (Å²) in [5, 5.41) is 6.15. The first-order chi connectivity index (χ1) is 8.41. The highest BCUT2D eigenvalue weighted by Gasteiger charge is 2.40. The van der Waals surface area contributed by atoms with Crippen LogP contribution in [0.2, 0.25) is 0 Å². The molecular formula is C13H17F3N2. The fourth-order valence-corrected chi connectivity index (χ4v) is 2.32. The van der Waals surface area contributed by atoms with Crippen LogP contribution in [-0.2, 0) is 0 Å². The Bertz CT molecular complexity index is 418. The van der Waals surface area contributed by atoms with Gasteiger partial charge in [0.15, 0.2) is 0 Å². The fraction of sp³-hybridized carbons (Fsp3) is 0.538. The van der Waals surface area contributed by atoms with E-state index in [1.165, 1.54) is 6.08 Å². The Morgan fingerprint density at radius 1 is 1.50 bits per heavy atom. The van der Waals surface area contributed by atoms with Gasteiger partial charge in [-0.05, 0) is 37.3 Å². The van der Waals surface area contributed by atoms with Crippen molar-refractivity contribution in [3.8, 4) is 0 Å². The third-order valence-electron chi connectivity index (χ3n) is 3.32. The molecular weight excluding hydrogens is 241 g/mol. The topological polar surface area (TPSA) is 24.1 Å². The fourth-order valence-electron chi connectivity index (χ4n) is 2.32. The van der Waals surface area contributed by atoms with Gasteiger partial charge in [-0.15, -0.1) is 0 Å². The number of hydrogen-bond donors (Lipinski definition) is 2. The summed E-state index contributed by atoms with van der Waals surface area (Å²) in [7, 11) is 0. The van der Waals surface area contributed by atoms with Crippen molar-refractivity contribution < 1.29 is 13.2 Å². The molecule has 3 rings (SSSR count). The first kappa shape index (κ1) is 13.1. The normalized spacial score (nSPS) is 23.3. The number of fused-ring (bicyclic) bond motifs is 4. The molecule has 2 aliphatic heterocycles. The quantitative estimate of drug-likeness (QED) is 0.811. The van der Waals surface area contributed by atoms with Crippen LogP contribution >= 0.6 is 0 Å². The number of halogens is 3. The monoisotopic (exact) mass is 258 g/mol. The number of nitrogens with one attached hydrogen (secondary N) is 2. The maximum absolute atomic E-state index is 13.0. The van der Waals surface area contributed by atoms with Gasteiger partial charge in [-0.1, -0.05) is 13.5 Å². The number of alkyl halides is 3. The van der Waals surface area contributed by atoms with Gasteiger partial charge in [0, 0.05) is 11.4 Å². The molecule has 0 aromatic carbocycles. The highest BCUT2D eigenvalue weighted by atomic mass is 19.4. The molecule has 2 N–H and O–H groups in total. The number of rotatable bonds is 3. The maximum Gasteiger partial charge on any atom is 0.416 e. The Morgan fingerprint density at radius 3 is 2.83 bits per heavy atom. The largest absolute Gasteiger partial charge is 0.416 e. The molecule has 2 nitrogen and oxygen atoms in total. The van der Waals surface area contributed by atoms with Gasteiger partial charge >= 0.3 is 6.18 Å². The molecule has 1 aliphatic carbocycles. The molecule has 2 bridgehead atoms. The van der Waals surface area contributed by atoms with Gasteiger partial charge in [-0.25, -0.2) is 0 Å². The zero-order chi connectivity index (χ0) is 13.3. The van der Waals surface area contributed by atoms with Crippen LogP contribution in [0.25, 0.3) is 0 Å². The predicted octanol–water partition coefficient (Wildman–Crippen LogP) is 3.36. The van der Waals surface area contributed by atoms with Crippen molar-refractivity contribution in [2.24, 2.45) is 0 Å². The van der Waals surface area contributed by atoms with Gasteiger partial charge in [0.1, 0.15) is 6.17 Å². The van der Waals surface area contributed by atoms with Crippen molar-refractivity contribution in [1.29, 1.82) is 0 Å². The molecule has 3 aliphatic rings. The van der Waals surface area contributed by atoms with Gasteiger partial charge in [-0.2, -0.15) is 13.2 Å². The van der Waals surface area contributed by atoms with Crippen LogP contribution in [0.3, 0.4) is 0 Å². The minimum atomic E-state index is -4.28. The zero-order valence-corrected chi connectivity index (χ0v) is 10.3. The first-order valence-corrected chi connectivity index (χ1v) is 6.13. The van der Waals surface area contributed by atoms with E-state index in [0.29, 0.717) is 30.5 Å². The maximum atomic E-state index is 13.0. The molecule has 18 heavy (non-hydrogen) atoms. The second kappa shape index (κ2) is 4.71. The molecule has 0 aromatic heterocycles. The zero-order valence-electron chi connectivity index (χ0n) is 10.3. The second-order valence-electron chi connectivity index (χ2n) is 4.64. The van der Waals surface area contributed by atoms with E-state index in [4.69, 9.17) is 0 Å². The lowest BCUT2D eigenvalue weighted by Crippen LogP contribution is -2.44. The highest BCUT2D eigenvalue weighted by molar-refractivity contribution is 5.41. The van der Waals surface area contributed by atoms with Crippen molar-refractivity contribution in [3.63, 3.8) is 0 Å². The standard InChI is InChI=1S/C13H17F3N2/c1-3-8(2)17-12-10-6-4-5-9(18-12)7-11(10)13(14,15)16/h7,12,17-18H,2-6H2,1H3. The molecule has 1 atom stereocenters. The van der Waals surface area contributed by atoms with E-state index in [1.54, 1.807) is 0 Å². The average Bonchev–Trinajstić information content (AvgIpc) is 2.60. The summed E-state index contributed by atoms with van der Waals surface area (Å²) in [6.07, 6.45) is -0.903. The van der Waals surface area contributed by atoms with E-state index in [-0.39, 0.29) is 0 Å². The van der Waals surface area contributed by atoms with E-state index >= 15 is 0 Å². The summed E-state index contributed by atoms with van der Waals surface area (Å²) in [6.45, 7) is 5.71. The Morgan fingerprint density at radius 2 is 2.22 bits per heavy atom. The number of hydrogen-bond acceptors (Lipinski definition) is 2. The van der Waals surface area contributed by atoms with E-state index in [1.807, 2.05) is 6.92 Å². The van der Waals surface area contributed by atoms with Crippen LogP contribution < -0.4 is 10.6 Å². The van der Waals surface area contributed by atoms with Crippen LogP contribution in [-0.4, -0.2) is 12.3 Å². The molecule has 1 fully saturated rings.